The lowest BCUT2D eigenvalue weighted by molar-refractivity contribution is -0.0605. The Morgan fingerprint density at radius 3 is 2.86 bits per heavy atom. The first-order valence-corrected chi connectivity index (χ1v) is 7.10. The largest absolute Gasteiger partial charge is 0.388 e. The Morgan fingerprint density at radius 2 is 2.05 bits per heavy atom. The highest BCUT2D eigenvalue weighted by molar-refractivity contribution is 6.05. The zero-order valence-corrected chi connectivity index (χ0v) is 11.7. The molecule has 0 radical (unpaired) electrons. The van der Waals surface area contributed by atoms with Crippen LogP contribution in [0.5, 0.6) is 0 Å². The van der Waals surface area contributed by atoms with E-state index in [-0.39, 0.29) is 12.5 Å². The number of hydrogen-bond donors (Lipinski definition) is 2. The Labute approximate surface area is 123 Å². The fourth-order valence-corrected chi connectivity index (χ4v) is 2.56. The molecule has 1 aromatic heterocycles. The topological polar surface area (TPSA) is 71.5 Å². The van der Waals surface area contributed by atoms with Crippen LogP contribution in [0.15, 0.2) is 36.5 Å². The van der Waals surface area contributed by atoms with Gasteiger partial charge in [-0.25, -0.2) is 0 Å². The van der Waals surface area contributed by atoms with Gasteiger partial charge in [-0.2, -0.15) is 0 Å². The van der Waals surface area contributed by atoms with Gasteiger partial charge in [-0.1, -0.05) is 18.2 Å². The summed E-state index contributed by atoms with van der Waals surface area (Å²) in [5, 5.41) is 14.0. The fraction of sp³-hybridized carbons (Fsp3) is 0.375. The summed E-state index contributed by atoms with van der Waals surface area (Å²) in [7, 11) is 0. The van der Waals surface area contributed by atoms with E-state index in [9.17, 15) is 9.90 Å². The molecule has 110 valence electrons. The average molecular weight is 286 g/mol. The number of pyridine rings is 1. The number of benzene rings is 1. The van der Waals surface area contributed by atoms with Crippen molar-refractivity contribution in [1.29, 1.82) is 0 Å². The predicted octanol–water partition coefficient (Wildman–Crippen LogP) is 1.51. The molecule has 2 N–H and O–H groups in total. The van der Waals surface area contributed by atoms with Crippen molar-refractivity contribution < 1.29 is 14.6 Å². The number of carbonyl (C=O) groups excluding carboxylic acids is 1. The third kappa shape index (κ3) is 3.04. The number of aromatic nitrogens is 1. The number of nitrogens with zero attached hydrogens (tertiary/aromatic N) is 1. The van der Waals surface area contributed by atoms with Crippen molar-refractivity contribution in [3.8, 4) is 0 Å². The monoisotopic (exact) mass is 286 g/mol. The highest BCUT2D eigenvalue weighted by Crippen LogP contribution is 2.20. The molecule has 5 heteroatoms. The van der Waals surface area contributed by atoms with Crippen LogP contribution in [0.2, 0.25) is 0 Å². The second kappa shape index (κ2) is 5.79. The van der Waals surface area contributed by atoms with Crippen molar-refractivity contribution in [2.45, 2.75) is 18.4 Å². The van der Waals surface area contributed by atoms with E-state index in [2.05, 4.69) is 10.3 Å². The maximum absolute atomic E-state index is 12.4. The predicted molar refractivity (Wildman–Crippen MR) is 79.1 cm³/mol. The standard InChI is InChI=1S/C16H18N2O3/c19-15(18-11-16(20)6-9-21-10-7-16)13-5-8-17-14-4-2-1-3-12(13)14/h1-5,8,20H,6-7,9-11H2,(H,18,19). The van der Waals surface area contributed by atoms with Crippen LogP contribution in [-0.4, -0.2) is 41.4 Å². The molecule has 2 heterocycles. The first-order valence-electron chi connectivity index (χ1n) is 7.10. The molecule has 0 spiro atoms. The van der Waals surface area contributed by atoms with Gasteiger partial charge >= 0.3 is 0 Å². The fourth-order valence-electron chi connectivity index (χ4n) is 2.56. The zero-order valence-electron chi connectivity index (χ0n) is 11.7. The van der Waals surface area contributed by atoms with E-state index in [4.69, 9.17) is 4.74 Å². The van der Waals surface area contributed by atoms with Crippen molar-refractivity contribution >= 4 is 16.8 Å². The molecule has 2 aromatic rings. The van der Waals surface area contributed by atoms with E-state index in [0.29, 0.717) is 31.6 Å². The van der Waals surface area contributed by atoms with Gasteiger partial charge in [-0.3, -0.25) is 9.78 Å². The second-order valence-corrected chi connectivity index (χ2v) is 5.40. The third-order valence-corrected chi connectivity index (χ3v) is 3.90. The molecule has 1 amide bonds. The minimum atomic E-state index is -0.864. The van der Waals surface area contributed by atoms with Crippen molar-refractivity contribution in [3.05, 3.63) is 42.1 Å². The first kappa shape index (κ1) is 14.0. The highest BCUT2D eigenvalue weighted by atomic mass is 16.5. The van der Waals surface area contributed by atoms with Crippen molar-refractivity contribution in [2.75, 3.05) is 19.8 Å². The van der Waals surface area contributed by atoms with Crippen LogP contribution in [0, 0.1) is 0 Å². The second-order valence-electron chi connectivity index (χ2n) is 5.40. The summed E-state index contributed by atoms with van der Waals surface area (Å²) in [6.07, 6.45) is 2.72. The van der Waals surface area contributed by atoms with Crippen LogP contribution < -0.4 is 5.32 Å². The minimum Gasteiger partial charge on any atom is -0.388 e. The lowest BCUT2D eigenvalue weighted by Crippen LogP contribution is -2.46. The average Bonchev–Trinajstić information content (AvgIpc) is 2.53. The summed E-state index contributed by atoms with van der Waals surface area (Å²) >= 11 is 0. The quantitative estimate of drug-likeness (QED) is 0.897. The number of para-hydroxylation sites is 1. The van der Waals surface area contributed by atoms with Crippen molar-refractivity contribution in [1.82, 2.24) is 10.3 Å². The molecular weight excluding hydrogens is 268 g/mol. The zero-order chi connectivity index (χ0) is 14.7. The Balaban J connectivity index is 1.75. The number of fused-ring (bicyclic) bond motifs is 1. The molecule has 21 heavy (non-hydrogen) atoms. The van der Waals surface area contributed by atoms with E-state index in [1.165, 1.54) is 0 Å². The number of carbonyl (C=O) groups is 1. The maximum Gasteiger partial charge on any atom is 0.252 e. The molecule has 3 rings (SSSR count). The lowest BCUT2D eigenvalue weighted by Gasteiger charge is -2.32. The van der Waals surface area contributed by atoms with Crippen LogP contribution in [-0.2, 0) is 4.74 Å². The molecule has 1 aromatic carbocycles. The molecular formula is C16H18N2O3. The van der Waals surface area contributed by atoms with Gasteiger partial charge in [0.2, 0.25) is 0 Å². The molecule has 0 atom stereocenters. The summed E-state index contributed by atoms with van der Waals surface area (Å²) in [5.74, 6) is -0.187. The van der Waals surface area contributed by atoms with Gasteiger partial charge in [0.05, 0.1) is 16.7 Å². The number of nitrogens with one attached hydrogen (secondary N) is 1. The first-order chi connectivity index (χ1) is 10.2. The van der Waals surface area contributed by atoms with Crippen molar-refractivity contribution in [3.63, 3.8) is 0 Å². The van der Waals surface area contributed by atoms with Gasteiger partial charge in [0, 0.05) is 44.2 Å². The number of rotatable bonds is 3. The SMILES string of the molecule is O=C(NCC1(O)CCOCC1)c1ccnc2ccccc12. The van der Waals surface area contributed by atoms with Crippen LogP contribution in [0.25, 0.3) is 10.9 Å². The summed E-state index contributed by atoms with van der Waals surface area (Å²) < 4.78 is 5.23. The molecule has 1 aliphatic rings. The van der Waals surface area contributed by atoms with Gasteiger partial charge in [-0.05, 0) is 12.1 Å². The molecule has 5 nitrogen and oxygen atoms in total. The lowest BCUT2D eigenvalue weighted by atomic mass is 9.94. The Bertz CT molecular complexity index is 646. The van der Waals surface area contributed by atoms with Gasteiger partial charge in [-0.15, -0.1) is 0 Å². The van der Waals surface area contributed by atoms with Crippen LogP contribution in [0.1, 0.15) is 23.2 Å². The number of ether oxygens (including phenoxy) is 1. The molecule has 0 unspecified atom stereocenters. The Morgan fingerprint density at radius 1 is 1.29 bits per heavy atom. The number of amides is 1. The van der Waals surface area contributed by atoms with Gasteiger partial charge in [0.25, 0.3) is 5.91 Å². The molecule has 0 saturated carbocycles. The van der Waals surface area contributed by atoms with Crippen LogP contribution >= 0.6 is 0 Å². The molecule has 1 fully saturated rings. The minimum absolute atomic E-state index is 0.187. The van der Waals surface area contributed by atoms with E-state index in [1.54, 1.807) is 12.3 Å². The smallest absolute Gasteiger partial charge is 0.252 e. The molecule has 0 bridgehead atoms. The summed E-state index contributed by atoms with van der Waals surface area (Å²) in [5.41, 5.74) is 0.502. The van der Waals surface area contributed by atoms with Crippen LogP contribution in [0.4, 0.5) is 0 Å². The van der Waals surface area contributed by atoms with Crippen molar-refractivity contribution in [2.24, 2.45) is 0 Å². The third-order valence-electron chi connectivity index (χ3n) is 3.90. The van der Waals surface area contributed by atoms with Gasteiger partial charge in [0.1, 0.15) is 0 Å². The highest BCUT2D eigenvalue weighted by Gasteiger charge is 2.30. The number of hydrogen-bond acceptors (Lipinski definition) is 4. The summed E-state index contributed by atoms with van der Waals surface area (Å²) in [4.78, 5) is 16.6. The van der Waals surface area contributed by atoms with Gasteiger partial charge in [0.15, 0.2) is 0 Å². The van der Waals surface area contributed by atoms with E-state index >= 15 is 0 Å². The Hall–Kier alpha value is -1.98. The molecule has 1 saturated heterocycles. The van der Waals surface area contributed by atoms with Crippen LogP contribution in [0.3, 0.4) is 0 Å². The van der Waals surface area contributed by atoms with E-state index in [1.807, 2.05) is 24.3 Å². The normalized spacial score (nSPS) is 17.6. The van der Waals surface area contributed by atoms with E-state index < -0.39 is 5.60 Å². The molecule has 1 aliphatic heterocycles. The number of aliphatic hydroxyl groups is 1. The Kier molecular flexibility index (Phi) is 3.86. The summed E-state index contributed by atoms with van der Waals surface area (Å²) in [6.45, 7) is 1.31. The summed E-state index contributed by atoms with van der Waals surface area (Å²) in [6, 6.07) is 9.22. The van der Waals surface area contributed by atoms with E-state index in [0.717, 1.165) is 10.9 Å². The van der Waals surface area contributed by atoms with Gasteiger partial charge < -0.3 is 15.2 Å². The molecule has 0 aliphatic carbocycles. The maximum atomic E-state index is 12.4.